The third kappa shape index (κ3) is 6.39. The average Bonchev–Trinajstić information content (AvgIpc) is 3.35. The summed E-state index contributed by atoms with van der Waals surface area (Å²) < 4.78 is 11.3. The number of carbonyl (C=O) groups excluding carboxylic acids is 2. The van der Waals surface area contributed by atoms with Gasteiger partial charge in [-0.2, -0.15) is 0 Å². The molecule has 1 fully saturated rings. The quantitative estimate of drug-likeness (QED) is 0.278. The second kappa shape index (κ2) is 12.9. The van der Waals surface area contributed by atoms with Gasteiger partial charge in [-0.05, 0) is 39.2 Å². The van der Waals surface area contributed by atoms with Crippen LogP contribution in [-0.2, 0) is 16.0 Å². The number of aromatic nitrogens is 2. The van der Waals surface area contributed by atoms with Gasteiger partial charge in [0, 0.05) is 55.8 Å². The molecule has 0 radical (unpaired) electrons. The molecule has 43 heavy (non-hydrogen) atoms. The Hall–Kier alpha value is -4.30. The number of benzene rings is 1. The van der Waals surface area contributed by atoms with Crippen LogP contribution in [0.1, 0.15) is 28.5 Å². The lowest BCUT2D eigenvalue weighted by Crippen LogP contribution is -2.56. The van der Waals surface area contributed by atoms with Crippen molar-refractivity contribution in [2.24, 2.45) is 0 Å². The lowest BCUT2D eigenvalue weighted by atomic mass is 9.98. The van der Waals surface area contributed by atoms with Crippen molar-refractivity contribution in [2.75, 3.05) is 59.4 Å². The van der Waals surface area contributed by atoms with E-state index in [2.05, 4.69) is 32.4 Å². The molecular formula is C32H35ClN6O4. The van der Waals surface area contributed by atoms with Gasteiger partial charge in [-0.1, -0.05) is 35.6 Å². The molecule has 11 heteroatoms. The van der Waals surface area contributed by atoms with Crippen molar-refractivity contribution in [2.45, 2.75) is 18.9 Å². The summed E-state index contributed by atoms with van der Waals surface area (Å²) in [4.78, 5) is 37.8. The van der Waals surface area contributed by atoms with Gasteiger partial charge < -0.3 is 34.9 Å². The number of fused-ring (bicyclic) bond motifs is 1. The van der Waals surface area contributed by atoms with E-state index in [-0.39, 0.29) is 18.4 Å². The minimum Gasteiger partial charge on any atom is -0.493 e. The van der Waals surface area contributed by atoms with Crippen molar-refractivity contribution >= 4 is 34.8 Å². The summed E-state index contributed by atoms with van der Waals surface area (Å²) in [6, 6.07) is 7.24. The summed E-state index contributed by atoms with van der Waals surface area (Å²) in [7, 11) is 5.44. The molecule has 10 nitrogen and oxygen atoms in total. The Labute approximate surface area is 256 Å². The molecule has 0 bridgehead atoms. The number of amides is 2. The smallest absolute Gasteiger partial charge is 0.255 e. The first-order chi connectivity index (χ1) is 20.7. The number of hydrogen-bond acceptors (Lipinski definition) is 7. The molecule has 3 N–H and O–H groups in total. The monoisotopic (exact) mass is 602 g/mol. The van der Waals surface area contributed by atoms with Crippen LogP contribution in [0.2, 0.25) is 5.02 Å². The fourth-order valence-corrected chi connectivity index (χ4v) is 5.48. The first-order valence-corrected chi connectivity index (χ1v) is 14.4. The molecule has 1 saturated heterocycles. The number of halogens is 1. The number of morpholine rings is 1. The number of likely N-dealkylation sites (N-methyl/N-ethyl adjacent to an activating group) is 1. The van der Waals surface area contributed by atoms with Crippen LogP contribution in [-0.4, -0.2) is 91.2 Å². The van der Waals surface area contributed by atoms with E-state index in [1.807, 2.05) is 50.2 Å². The summed E-state index contributed by atoms with van der Waals surface area (Å²) in [6.07, 6.45) is 7.44. The Morgan fingerprint density at radius 1 is 1.35 bits per heavy atom. The normalized spacial score (nSPS) is 18.2. The number of para-hydroxylation sites is 1. The number of nitrogens with zero attached hydrogens (tertiary/aromatic N) is 3. The summed E-state index contributed by atoms with van der Waals surface area (Å²) in [5.74, 6) is 6.77. The first kappa shape index (κ1) is 30.2. The highest BCUT2D eigenvalue weighted by Gasteiger charge is 2.36. The fraction of sp³-hybridized carbons (Fsp3) is 0.344. The molecule has 224 valence electrons. The molecule has 2 aliphatic rings. The van der Waals surface area contributed by atoms with Gasteiger partial charge >= 0.3 is 0 Å². The highest BCUT2D eigenvalue weighted by Crippen LogP contribution is 2.41. The molecule has 1 aromatic carbocycles. The number of H-pyrrole nitrogens is 1. The number of hydrogen-bond donors (Lipinski definition) is 3. The zero-order valence-electron chi connectivity index (χ0n) is 24.7. The van der Waals surface area contributed by atoms with Crippen molar-refractivity contribution in [3.8, 4) is 28.8 Å². The molecule has 3 aromatic rings. The third-order valence-electron chi connectivity index (χ3n) is 7.39. The standard InChI is InChI=1S/C32H35ClN6O4/c1-32(20-43-18-17-39(32)26(40)9-6-16-38(2)3)13-10-21-19-34-14-11-22(21)28-29(27-24(36-28)12-15-35-31(27)41)37-25-8-5-7-23(33)30(25)42-4/h5-9,11,14,19,36-37H,12,15-18,20H2,1-4H3,(H,35,41)/b9-6+/t32-/m1/s1. The molecular weight excluding hydrogens is 568 g/mol. The maximum Gasteiger partial charge on any atom is 0.255 e. The van der Waals surface area contributed by atoms with Crippen molar-refractivity contribution in [3.63, 3.8) is 0 Å². The van der Waals surface area contributed by atoms with Gasteiger partial charge in [0.25, 0.3) is 5.91 Å². The minimum absolute atomic E-state index is 0.113. The van der Waals surface area contributed by atoms with Crippen LogP contribution in [0.5, 0.6) is 5.75 Å². The van der Waals surface area contributed by atoms with Gasteiger partial charge in [-0.15, -0.1) is 0 Å². The van der Waals surface area contributed by atoms with E-state index in [0.29, 0.717) is 71.6 Å². The summed E-state index contributed by atoms with van der Waals surface area (Å²) in [5, 5.41) is 6.78. The molecule has 0 aliphatic carbocycles. The molecule has 2 aromatic heterocycles. The summed E-state index contributed by atoms with van der Waals surface area (Å²) >= 11 is 6.40. The SMILES string of the molecule is COc1c(Cl)cccc1Nc1c(-c2ccncc2C#C[C@]2(C)COCCN2C(=O)/C=C/CN(C)C)[nH]c2c1C(=O)NCC2. The Bertz CT molecular complexity index is 1620. The lowest BCUT2D eigenvalue weighted by Gasteiger charge is -2.40. The van der Waals surface area contributed by atoms with Crippen molar-refractivity contribution in [1.82, 2.24) is 25.1 Å². The number of anilines is 2. The van der Waals surface area contributed by atoms with Crippen molar-refractivity contribution in [1.29, 1.82) is 0 Å². The summed E-state index contributed by atoms with van der Waals surface area (Å²) in [5.41, 5.74) is 3.73. The average molecular weight is 603 g/mol. The number of methoxy groups -OCH3 is 1. The molecule has 0 saturated carbocycles. The molecule has 2 aliphatic heterocycles. The van der Waals surface area contributed by atoms with Gasteiger partial charge in [0.05, 0.1) is 53.5 Å². The largest absolute Gasteiger partial charge is 0.493 e. The predicted molar refractivity (Wildman–Crippen MR) is 167 cm³/mol. The fourth-order valence-electron chi connectivity index (χ4n) is 5.23. The highest BCUT2D eigenvalue weighted by atomic mass is 35.5. The number of nitrogens with one attached hydrogen (secondary N) is 3. The van der Waals surface area contributed by atoms with Crippen molar-refractivity contribution in [3.05, 3.63) is 70.7 Å². The van der Waals surface area contributed by atoms with E-state index in [4.69, 9.17) is 21.1 Å². The highest BCUT2D eigenvalue weighted by molar-refractivity contribution is 6.32. The van der Waals surface area contributed by atoms with E-state index in [0.717, 1.165) is 11.3 Å². The molecule has 5 rings (SSSR count). The predicted octanol–water partition coefficient (Wildman–Crippen LogP) is 3.86. The number of pyridine rings is 1. The van der Waals surface area contributed by atoms with Crippen LogP contribution in [0.25, 0.3) is 11.3 Å². The van der Waals surface area contributed by atoms with Crippen LogP contribution >= 0.6 is 11.6 Å². The van der Waals surface area contributed by atoms with Crippen LogP contribution in [0.3, 0.4) is 0 Å². The van der Waals surface area contributed by atoms with E-state index in [1.54, 1.807) is 36.5 Å². The van der Waals surface area contributed by atoms with Crippen molar-refractivity contribution < 1.29 is 19.1 Å². The minimum atomic E-state index is -0.852. The van der Waals surface area contributed by atoms with Crippen LogP contribution < -0.4 is 15.4 Å². The zero-order valence-corrected chi connectivity index (χ0v) is 25.5. The number of ether oxygens (including phenoxy) is 2. The molecule has 1 atom stereocenters. The second-order valence-corrected chi connectivity index (χ2v) is 11.2. The lowest BCUT2D eigenvalue weighted by molar-refractivity contribution is -0.137. The summed E-state index contributed by atoms with van der Waals surface area (Å²) in [6.45, 7) is 4.25. The Morgan fingerprint density at radius 3 is 2.98 bits per heavy atom. The molecule has 2 amide bonds. The van der Waals surface area contributed by atoms with Gasteiger partial charge in [-0.25, -0.2) is 0 Å². The third-order valence-corrected chi connectivity index (χ3v) is 7.69. The number of aromatic amines is 1. The molecule has 0 unspecified atom stereocenters. The van der Waals surface area contributed by atoms with Gasteiger partial charge in [0.1, 0.15) is 5.54 Å². The molecule has 0 spiro atoms. The van der Waals surface area contributed by atoms with E-state index in [9.17, 15) is 9.59 Å². The zero-order chi connectivity index (χ0) is 30.6. The van der Waals surface area contributed by atoms with Gasteiger partial charge in [-0.3, -0.25) is 14.6 Å². The maximum absolute atomic E-state index is 13.1. The number of carbonyl (C=O) groups is 2. The Kier molecular flexibility index (Phi) is 9.06. The Morgan fingerprint density at radius 2 is 2.19 bits per heavy atom. The maximum atomic E-state index is 13.1. The van der Waals surface area contributed by atoms with E-state index < -0.39 is 5.54 Å². The second-order valence-electron chi connectivity index (χ2n) is 10.8. The van der Waals surface area contributed by atoms with Gasteiger partial charge in [0.15, 0.2) is 5.75 Å². The van der Waals surface area contributed by atoms with Crippen LogP contribution in [0.15, 0.2) is 48.8 Å². The first-order valence-electron chi connectivity index (χ1n) is 14.0. The van der Waals surface area contributed by atoms with E-state index >= 15 is 0 Å². The van der Waals surface area contributed by atoms with E-state index in [1.165, 1.54) is 0 Å². The van der Waals surface area contributed by atoms with Crippen LogP contribution in [0.4, 0.5) is 11.4 Å². The van der Waals surface area contributed by atoms with Crippen LogP contribution in [0, 0.1) is 11.8 Å². The van der Waals surface area contributed by atoms with Gasteiger partial charge in [0.2, 0.25) is 5.91 Å². The number of rotatable bonds is 7. The Balaban J connectivity index is 1.56. The molecule has 4 heterocycles. The topological polar surface area (TPSA) is 112 Å².